The first-order valence-corrected chi connectivity index (χ1v) is 4.59. The summed E-state index contributed by atoms with van der Waals surface area (Å²) in [7, 11) is 0. The van der Waals surface area contributed by atoms with Gasteiger partial charge in [-0.15, -0.1) is 0 Å². The van der Waals surface area contributed by atoms with Crippen LogP contribution in [0.4, 0.5) is 0 Å². The van der Waals surface area contributed by atoms with Gasteiger partial charge in [0.25, 0.3) is 0 Å². The van der Waals surface area contributed by atoms with E-state index in [1.165, 1.54) is 13.0 Å². The third-order valence-corrected chi connectivity index (χ3v) is 2.49. The fourth-order valence-corrected chi connectivity index (χ4v) is 1.88. The van der Waals surface area contributed by atoms with Crippen molar-refractivity contribution in [2.45, 2.75) is 33.2 Å². The maximum Gasteiger partial charge on any atom is 0.0166 e. The molecule has 0 amide bonds. The van der Waals surface area contributed by atoms with Gasteiger partial charge in [-0.25, -0.2) is 0 Å². The first kappa shape index (κ1) is 8.79. The Bertz CT molecular complexity index is 140. The van der Waals surface area contributed by atoms with Crippen LogP contribution in [0.3, 0.4) is 0 Å². The van der Waals surface area contributed by atoms with Crippen LogP contribution in [0.1, 0.15) is 27.2 Å². The number of hydrogen-bond acceptors (Lipinski definition) is 1. The minimum absolute atomic E-state index is 0.793. The number of hydrogen-bond donors (Lipinski definition) is 0. The zero-order chi connectivity index (χ0) is 8.27. The highest BCUT2D eigenvalue weighted by molar-refractivity contribution is 4.87. The number of nitrogens with zero attached hydrogens (tertiary/aromatic N) is 1. The van der Waals surface area contributed by atoms with E-state index in [4.69, 9.17) is 0 Å². The third kappa shape index (κ3) is 2.33. The molecule has 1 heterocycles. The molecule has 0 aromatic carbocycles. The first-order valence-electron chi connectivity index (χ1n) is 4.59. The minimum Gasteiger partial charge on any atom is -0.297 e. The molecule has 0 spiro atoms. The SMILES string of the molecule is C/C=C/CN1CC(C)CC1C. The Morgan fingerprint density at radius 2 is 2.18 bits per heavy atom. The van der Waals surface area contributed by atoms with Crippen LogP contribution in [-0.4, -0.2) is 24.0 Å². The standard InChI is InChI=1S/C10H19N/c1-4-5-6-11-8-9(2)7-10(11)3/h4-5,9-10H,6-8H2,1-3H3/b5-4+. The lowest BCUT2D eigenvalue weighted by atomic mass is 10.1. The molecule has 0 aromatic rings. The van der Waals surface area contributed by atoms with Crippen LogP contribution in [0.15, 0.2) is 12.2 Å². The molecule has 1 fully saturated rings. The van der Waals surface area contributed by atoms with Gasteiger partial charge < -0.3 is 0 Å². The van der Waals surface area contributed by atoms with E-state index in [1.807, 2.05) is 0 Å². The van der Waals surface area contributed by atoms with Crippen LogP contribution in [0.25, 0.3) is 0 Å². The van der Waals surface area contributed by atoms with Crippen molar-refractivity contribution in [2.75, 3.05) is 13.1 Å². The Morgan fingerprint density at radius 3 is 2.64 bits per heavy atom. The molecule has 0 N–H and O–H groups in total. The van der Waals surface area contributed by atoms with Crippen molar-refractivity contribution in [1.82, 2.24) is 4.90 Å². The molecule has 1 rings (SSSR count). The summed E-state index contributed by atoms with van der Waals surface area (Å²) in [5.41, 5.74) is 0. The van der Waals surface area contributed by atoms with Crippen LogP contribution in [0.5, 0.6) is 0 Å². The van der Waals surface area contributed by atoms with E-state index in [1.54, 1.807) is 0 Å². The van der Waals surface area contributed by atoms with Gasteiger partial charge in [-0.05, 0) is 26.2 Å². The van der Waals surface area contributed by atoms with E-state index in [0.29, 0.717) is 0 Å². The van der Waals surface area contributed by atoms with Gasteiger partial charge in [0.15, 0.2) is 0 Å². The fraction of sp³-hybridized carbons (Fsp3) is 0.800. The van der Waals surface area contributed by atoms with Crippen molar-refractivity contribution in [1.29, 1.82) is 0 Å². The van der Waals surface area contributed by atoms with Crippen LogP contribution in [0, 0.1) is 5.92 Å². The number of rotatable bonds is 2. The molecule has 2 atom stereocenters. The van der Waals surface area contributed by atoms with E-state index in [-0.39, 0.29) is 0 Å². The molecule has 0 aliphatic carbocycles. The minimum atomic E-state index is 0.793. The molecule has 1 aliphatic rings. The average Bonchev–Trinajstić information content (AvgIpc) is 2.26. The molecule has 0 radical (unpaired) electrons. The average molecular weight is 153 g/mol. The van der Waals surface area contributed by atoms with Crippen LogP contribution in [0.2, 0.25) is 0 Å². The second-order valence-corrected chi connectivity index (χ2v) is 3.71. The lowest BCUT2D eigenvalue weighted by Gasteiger charge is -2.18. The summed E-state index contributed by atoms with van der Waals surface area (Å²) in [6.07, 6.45) is 5.75. The van der Waals surface area contributed by atoms with E-state index >= 15 is 0 Å². The molecule has 11 heavy (non-hydrogen) atoms. The lowest BCUT2D eigenvalue weighted by Crippen LogP contribution is -2.27. The zero-order valence-electron chi connectivity index (χ0n) is 7.88. The highest BCUT2D eigenvalue weighted by Gasteiger charge is 2.24. The van der Waals surface area contributed by atoms with Crippen molar-refractivity contribution in [3.63, 3.8) is 0 Å². The molecule has 0 aromatic heterocycles. The topological polar surface area (TPSA) is 3.24 Å². The molecular formula is C10H19N. The second-order valence-electron chi connectivity index (χ2n) is 3.71. The maximum atomic E-state index is 2.55. The molecule has 0 saturated carbocycles. The van der Waals surface area contributed by atoms with Gasteiger partial charge >= 0.3 is 0 Å². The van der Waals surface area contributed by atoms with E-state index in [0.717, 1.165) is 18.5 Å². The Kier molecular flexibility index (Phi) is 3.13. The van der Waals surface area contributed by atoms with Crippen molar-refractivity contribution in [2.24, 2.45) is 5.92 Å². The molecule has 1 saturated heterocycles. The molecule has 64 valence electrons. The summed E-state index contributed by atoms with van der Waals surface area (Å²) in [6, 6.07) is 0.793. The number of likely N-dealkylation sites (tertiary alicyclic amines) is 1. The van der Waals surface area contributed by atoms with Crippen LogP contribution < -0.4 is 0 Å². The fourth-order valence-electron chi connectivity index (χ4n) is 1.88. The van der Waals surface area contributed by atoms with Crippen LogP contribution >= 0.6 is 0 Å². The largest absolute Gasteiger partial charge is 0.297 e. The van der Waals surface area contributed by atoms with Gasteiger partial charge in [0.05, 0.1) is 0 Å². The third-order valence-electron chi connectivity index (χ3n) is 2.49. The molecule has 1 heteroatoms. The zero-order valence-corrected chi connectivity index (χ0v) is 7.88. The predicted molar refractivity (Wildman–Crippen MR) is 49.6 cm³/mol. The first-order chi connectivity index (χ1) is 5.24. The Morgan fingerprint density at radius 1 is 1.45 bits per heavy atom. The van der Waals surface area contributed by atoms with Gasteiger partial charge in [0.1, 0.15) is 0 Å². The monoisotopic (exact) mass is 153 g/mol. The van der Waals surface area contributed by atoms with Gasteiger partial charge in [-0.2, -0.15) is 0 Å². The summed E-state index contributed by atoms with van der Waals surface area (Å²) in [5, 5.41) is 0. The molecular weight excluding hydrogens is 134 g/mol. The lowest BCUT2D eigenvalue weighted by molar-refractivity contribution is 0.294. The van der Waals surface area contributed by atoms with Crippen molar-refractivity contribution in [3.8, 4) is 0 Å². The van der Waals surface area contributed by atoms with Crippen LogP contribution in [-0.2, 0) is 0 Å². The summed E-state index contributed by atoms with van der Waals surface area (Å²) in [5.74, 6) is 0.898. The predicted octanol–water partition coefficient (Wildman–Crippen LogP) is 2.29. The molecule has 1 nitrogen and oxygen atoms in total. The normalized spacial score (nSPS) is 33.7. The molecule has 1 aliphatic heterocycles. The van der Waals surface area contributed by atoms with E-state index < -0.39 is 0 Å². The summed E-state index contributed by atoms with van der Waals surface area (Å²) in [4.78, 5) is 2.55. The molecule has 0 bridgehead atoms. The van der Waals surface area contributed by atoms with Crippen molar-refractivity contribution in [3.05, 3.63) is 12.2 Å². The summed E-state index contributed by atoms with van der Waals surface area (Å²) >= 11 is 0. The van der Waals surface area contributed by atoms with Crippen molar-refractivity contribution >= 4 is 0 Å². The van der Waals surface area contributed by atoms with Gasteiger partial charge in [-0.3, -0.25) is 4.90 Å². The Hall–Kier alpha value is -0.300. The van der Waals surface area contributed by atoms with Gasteiger partial charge in [0, 0.05) is 19.1 Å². The summed E-state index contributed by atoms with van der Waals surface area (Å²) in [6.45, 7) is 9.18. The second kappa shape index (κ2) is 3.91. The van der Waals surface area contributed by atoms with E-state index in [2.05, 4.69) is 37.8 Å². The van der Waals surface area contributed by atoms with Gasteiger partial charge in [-0.1, -0.05) is 19.1 Å². The smallest absolute Gasteiger partial charge is 0.0166 e. The Labute approximate surface area is 70.1 Å². The van der Waals surface area contributed by atoms with Crippen molar-refractivity contribution < 1.29 is 0 Å². The highest BCUT2D eigenvalue weighted by Crippen LogP contribution is 2.21. The van der Waals surface area contributed by atoms with Gasteiger partial charge in [0.2, 0.25) is 0 Å². The quantitative estimate of drug-likeness (QED) is 0.550. The summed E-state index contributed by atoms with van der Waals surface area (Å²) < 4.78 is 0. The molecule has 2 unspecified atom stereocenters. The van der Waals surface area contributed by atoms with E-state index in [9.17, 15) is 0 Å². The number of allylic oxidation sites excluding steroid dienone is 1. The highest BCUT2D eigenvalue weighted by atomic mass is 15.2. The Balaban J connectivity index is 2.34. The maximum absolute atomic E-state index is 2.55.